The first-order chi connectivity index (χ1) is 8.76. The Morgan fingerprint density at radius 1 is 1.28 bits per heavy atom. The van der Waals surface area contributed by atoms with Gasteiger partial charge in [0.2, 0.25) is 0 Å². The summed E-state index contributed by atoms with van der Waals surface area (Å²) in [6.45, 7) is 2.19. The van der Waals surface area contributed by atoms with Crippen LogP contribution in [-0.2, 0) is 4.74 Å². The van der Waals surface area contributed by atoms with Crippen LogP contribution in [-0.4, -0.2) is 42.5 Å². The van der Waals surface area contributed by atoms with Crippen molar-refractivity contribution in [3.8, 4) is 0 Å². The molecule has 0 aromatic carbocycles. The Kier molecular flexibility index (Phi) is 3.11. The van der Waals surface area contributed by atoms with Crippen molar-refractivity contribution in [2.45, 2.75) is 25.7 Å². The number of hydrogen-bond donors (Lipinski definition) is 0. The van der Waals surface area contributed by atoms with Crippen LogP contribution in [0.1, 0.15) is 25.7 Å². The van der Waals surface area contributed by atoms with Gasteiger partial charge in [0.05, 0.1) is 13.3 Å². The first-order valence-electron chi connectivity index (χ1n) is 6.71. The predicted molar refractivity (Wildman–Crippen MR) is 66.6 cm³/mol. The van der Waals surface area contributed by atoms with Crippen LogP contribution in [0.3, 0.4) is 0 Å². The molecule has 1 heterocycles. The van der Waals surface area contributed by atoms with E-state index in [1.54, 1.807) is 7.11 Å². The van der Waals surface area contributed by atoms with Gasteiger partial charge in [0.15, 0.2) is 0 Å². The molecule has 100 valence electrons. The third-order valence-electron chi connectivity index (χ3n) is 3.60. The van der Waals surface area contributed by atoms with Gasteiger partial charge in [-0.1, -0.05) is 5.11 Å². The topological polar surface area (TPSA) is 43.7 Å². The second-order valence-electron chi connectivity index (χ2n) is 5.46. The Bertz CT molecular complexity index is 347. The van der Waals surface area contributed by atoms with Gasteiger partial charge in [0.1, 0.15) is 0 Å². The summed E-state index contributed by atoms with van der Waals surface area (Å²) >= 11 is 0. The van der Waals surface area contributed by atoms with Gasteiger partial charge in [-0.3, -0.25) is 5.01 Å². The molecule has 0 bridgehead atoms. The Hall–Kier alpha value is -1.30. The molecule has 0 N–H and O–H groups in total. The van der Waals surface area contributed by atoms with Crippen LogP contribution in [0.4, 0.5) is 0 Å². The van der Waals surface area contributed by atoms with Gasteiger partial charge in [-0.25, -0.2) is 0 Å². The van der Waals surface area contributed by atoms with Crippen LogP contribution < -0.4 is 0 Å². The fourth-order valence-corrected chi connectivity index (χ4v) is 2.15. The summed E-state index contributed by atoms with van der Waals surface area (Å²) in [7, 11) is 3.59. The van der Waals surface area contributed by atoms with Crippen molar-refractivity contribution < 1.29 is 4.74 Å². The van der Waals surface area contributed by atoms with E-state index < -0.39 is 0 Å². The molecule has 2 saturated carbocycles. The molecular formula is C12H21N5O. The SMILES string of the molecule is COC1=CN(C)N(N(CC2CC2)CC2CC2)N=N1. The molecule has 18 heavy (non-hydrogen) atoms. The molecule has 2 fully saturated rings. The average molecular weight is 251 g/mol. The van der Waals surface area contributed by atoms with E-state index in [1.165, 1.54) is 25.7 Å². The predicted octanol–water partition coefficient (Wildman–Crippen LogP) is 2.00. The third kappa shape index (κ3) is 2.75. The lowest BCUT2D eigenvalue weighted by molar-refractivity contribution is -0.167. The van der Waals surface area contributed by atoms with Gasteiger partial charge in [-0.05, 0) is 42.7 Å². The van der Waals surface area contributed by atoms with Crippen molar-refractivity contribution in [1.82, 2.24) is 15.2 Å². The van der Waals surface area contributed by atoms with Gasteiger partial charge in [0.25, 0.3) is 5.88 Å². The molecular weight excluding hydrogens is 230 g/mol. The lowest BCUT2D eigenvalue weighted by atomic mass is 10.3. The molecule has 0 atom stereocenters. The van der Waals surface area contributed by atoms with Gasteiger partial charge < -0.3 is 4.74 Å². The standard InChI is InChI=1S/C12H21N5O/c1-15-9-12(18-2)13-14-17(15)16(7-10-3-4-10)8-11-5-6-11/h9-11H,3-8H2,1-2H3. The molecule has 0 aromatic rings. The highest BCUT2D eigenvalue weighted by atomic mass is 16.5. The minimum absolute atomic E-state index is 0.548. The lowest BCUT2D eigenvalue weighted by Crippen LogP contribution is -2.49. The molecule has 0 unspecified atom stereocenters. The van der Waals surface area contributed by atoms with Crippen LogP contribution in [0.2, 0.25) is 0 Å². The van der Waals surface area contributed by atoms with Crippen LogP contribution in [0.25, 0.3) is 0 Å². The van der Waals surface area contributed by atoms with Crippen molar-refractivity contribution >= 4 is 0 Å². The summed E-state index contributed by atoms with van der Waals surface area (Å²) in [6, 6.07) is 0. The molecule has 3 aliphatic rings. The van der Waals surface area contributed by atoms with E-state index in [0.717, 1.165) is 24.9 Å². The average Bonchev–Trinajstić information content (AvgIpc) is 3.23. The Morgan fingerprint density at radius 2 is 1.89 bits per heavy atom. The van der Waals surface area contributed by atoms with Gasteiger partial charge in [-0.2, -0.15) is 5.01 Å². The van der Waals surface area contributed by atoms with Crippen molar-refractivity contribution in [2.24, 2.45) is 22.2 Å². The van der Waals surface area contributed by atoms with E-state index in [4.69, 9.17) is 4.74 Å². The number of hydrazine groups is 2. The summed E-state index contributed by atoms with van der Waals surface area (Å²) in [6.07, 6.45) is 7.29. The zero-order chi connectivity index (χ0) is 12.5. The molecule has 0 amide bonds. The van der Waals surface area contributed by atoms with Crippen LogP contribution in [0.5, 0.6) is 0 Å². The second kappa shape index (κ2) is 4.76. The molecule has 1 aliphatic heterocycles. The lowest BCUT2D eigenvalue weighted by Gasteiger charge is -2.37. The van der Waals surface area contributed by atoms with E-state index in [1.807, 2.05) is 23.5 Å². The Labute approximate surface area is 108 Å². The monoisotopic (exact) mass is 251 g/mol. The quantitative estimate of drug-likeness (QED) is 0.724. The van der Waals surface area contributed by atoms with Crippen molar-refractivity contribution in [3.05, 3.63) is 12.1 Å². The van der Waals surface area contributed by atoms with E-state index in [0.29, 0.717) is 5.88 Å². The normalized spacial score (nSPS) is 23.6. The summed E-state index contributed by atoms with van der Waals surface area (Å²) in [5.41, 5.74) is 0. The Morgan fingerprint density at radius 3 is 2.33 bits per heavy atom. The fraction of sp³-hybridized carbons (Fsp3) is 0.833. The number of methoxy groups -OCH3 is 1. The molecule has 2 aliphatic carbocycles. The minimum atomic E-state index is 0.548. The van der Waals surface area contributed by atoms with E-state index in [2.05, 4.69) is 15.3 Å². The fourth-order valence-electron chi connectivity index (χ4n) is 2.15. The maximum Gasteiger partial charge on any atom is 0.253 e. The molecule has 6 heteroatoms. The van der Waals surface area contributed by atoms with Crippen molar-refractivity contribution in [3.63, 3.8) is 0 Å². The van der Waals surface area contributed by atoms with Gasteiger partial charge >= 0.3 is 0 Å². The van der Waals surface area contributed by atoms with Crippen molar-refractivity contribution in [1.29, 1.82) is 0 Å². The third-order valence-corrected chi connectivity index (χ3v) is 3.60. The van der Waals surface area contributed by atoms with E-state index >= 15 is 0 Å². The smallest absolute Gasteiger partial charge is 0.253 e. The van der Waals surface area contributed by atoms with Crippen LogP contribution in [0.15, 0.2) is 22.4 Å². The summed E-state index contributed by atoms with van der Waals surface area (Å²) < 4.78 is 5.09. The number of hydrogen-bond acceptors (Lipinski definition) is 6. The maximum absolute atomic E-state index is 5.09. The highest BCUT2D eigenvalue weighted by Crippen LogP contribution is 2.35. The molecule has 3 rings (SSSR count). The van der Waals surface area contributed by atoms with E-state index in [9.17, 15) is 0 Å². The molecule has 0 spiro atoms. The second-order valence-corrected chi connectivity index (χ2v) is 5.46. The number of nitrogens with zero attached hydrogens (tertiary/aromatic N) is 5. The first-order valence-corrected chi connectivity index (χ1v) is 6.71. The first kappa shape index (κ1) is 11.8. The van der Waals surface area contributed by atoms with Crippen molar-refractivity contribution in [2.75, 3.05) is 27.2 Å². The summed E-state index contributed by atoms with van der Waals surface area (Å²) in [5.74, 6) is 2.24. The van der Waals surface area contributed by atoms with E-state index in [-0.39, 0.29) is 0 Å². The zero-order valence-electron chi connectivity index (χ0n) is 11.1. The largest absolute Gasteiger partial charge is 0.479 e. The maximum atomic E-state index is 5.09. The highest BCUT2D eigenvalue weighted by molar-refractivity contribution is 4.90. The highest BCUT2D eigenvalue weighted by Gasteiger charge is 2.33. The minimum Gasteiger partial charge on any atom is -0.479 e. The summed E-state index contributed by atoms with van der Waals surface area (Å²) in [5, 5.41) is 14.4. The summed E-state index contributed by atoms with van der Waals surface area (Å²) in [4.78, 5) is 0. The van der Waals surface area contributed by atoms with Crippen LogP contribution in [0, 0.1) is 11.8 Å². The van der Waals surface area contributed by atoms with Gasteiger partial charge in [0, 0.05) is 20.1 Å². The number of rotatable bonds is 6. The van der Waals surface area contributed by atoms with Gasteiger partial charge in [-0.15, -0.1) is 5.23 Å². The molecule has 0 radical (unpaired) electrons. The van der Waals surface area contributed by atoms with Crippen LogP contribution >= 0.6 is 0 Å². The zero-order valence-corrected chi connectivity index (χ0v) is 11.1. The molecule has 0 saturated heterocycles. The molecule has 6 nitrogen and oxygen atoms in total. The number of ether oxygens (including phenoxy) is 1. The molecule has 0 aromatic heterocycles. The Balaban J connectivity index is 1.65.